The zero-order chi connectivity index (χ0) is 22.6. The Bertz CT molecular complexity index is 824. The molecule has 0 bridgehead atoms. The molecule has 1 N–H and O–H groups in total. The molecule has 2 fully saturated rings. The van der Waals surface area contributed by atoms with Gasteiger partial charge in [0.25, 0.3) is 0 Å². The number of carbonyl (C=O) groups excluding carboxylic acids is 3. The first-order valence-electron chi connectivity index (χ1n) is 10.3. The molecular formula is C21H26F3N3O4. The molecule has 1 aromatic carbocycles. The molecule has 2 atom stereocenters. The van der Waals surface area contributed by atoms with Crippen LogP contribution < -0.4 is 5.32 Å². The molecule has 3 rings (SSSR count). The summed E-state index contributed by atoms with van der Waals surface area (Å²) >= 11 is 0. The number of halogens is 3. The van der Waals surface area contributed by atoms with Crippen molar-refractivity contribution in [3.63, 3.8) is 0 Å². The van der Waals surface area contributed by atoms with Crippen LogP contribution in [0.15, 0.2) is 24.3 Å². The number of nitrogens with zero attached hydrogens (tertiary/aromatic N) is 2. The number of urea groups is 1. The lowest BCUT2D eigenvalue weighted by molar-refractivity contribution is -0.147. The van der Waals surface area contributed by atoms with E-state index in [1.807, 2.05) is 0 Å². The van der Waals surface area contributed by atoms with E-state index in [0.717, 1.165) is 32.1 Å². The van der Waals surface area contributed by atoms with Gasteiger partial charge >= 0.3 is 18.2 Å². The van der Waals surface area contributed by atoms with Crippen molar-refractivity contribution in [3.8, 4) is 0 Å². The van der Waals surface area contributed by atoms with Gasteiger partial charge in [-0.25, -0.2) is 9.59 Å². The summed E-state index contributed by atoms with van der Waals surface area (Å²) in [6.45, 7) is 2.06. The van der Waals surface area contributed by atoms with E-state index in [-0.39, 0.29) is 18.1 Å². The SMILES string of the molecule is COC(=O)[C@H](NC(=O)[C@H]1CCCN(C(=O)N2CCCC2)C1)c1ccccc1C(F)(F)F. The van der Waals surface area contributed by atoms with Crippen molar-refractivity contribution >= 4 is 17.9 Å². The number of rotatable bonds is 4. The summed E-state index contributed by atoms with van der Waals surface area (Å²) in [7, 11) is 1.05. The van der Waals surface area contributed by atoms with E-state index in [2.05, 4.69) is 10.1 Å². The number of amides is 3. The zero-order valence-electron chi connectivity index (χ0n) is 17.3. The fourth-order valence-electron chi connectivity index (χ4n) is 4.12. The largest absolute Gasteiger partial charge is 0.467 e. The van der Waals surface area contributed by atoms with Crippen molar-refractivity contribution in [3.05, 3.63) is 35.4 Å². The van der Waals surface area contributed by atoms with E-state index < -0.39 is 35.6 Å². The summed E-state index contributed by atoms with van der Waals surface area (Å²) in [5.41, 5.74) is -1.39. The van der Waals surface area contributed by atoms with Gasteiger partial charge in [0.05, 0.1) is 18.6 Å². The van der Waals surface area contributed by atoms with E-state index in [0.29, 0.717) is 32.5 Å². The summed E-state index contributed by atoms with van der Waals surface area (Å²) in [6.07, 6.45) is -1.73. The topological polar surface area (TPSA) is 79.0 Å². The second-order valence-electron chi connectivity index (χ2n) is 7.81. The van der Waals surface area contributed by atoms with E-state index in [9.17, 15) is 27.6 Å². The maximum atomic E-state index is 13.4. The van der Waals surface area contributed by atoms with Crippen molar-refractivity contribution in [1.29, 1.82) is 0 Å². The molecule has 10 heteroatoms. The number of likely N-dealkylation sites (tertiary alicyclic amines) is 2. The smallest absolute Gasteiger partial charge is 0.416 e. The van der Waals surface area contributed by atoms with Gasteiger partial charge in [-0.3, -0.25) is 4.79 Å². The Hall–Kier alpha value is -2.78. The second-order valence-corrected chi connectivity index (χ2v) is 7.81. The standard InChI is InChI=1S/C21H26F3N3O4/c1-31-19(29)17(15-8-2-3-9-16(15)21(22,23)24)25-18(28)14-7-6-12-27(13-14)20(30)26-10-4-5-11-26/h2-3,8-9,14,17H,4-7,10-13H2,1H3,(H,25,28)/t14-,17+/m0/s1. The lowest BCUT2D eigenvalue weighted by atomic mass is 9.95. The lowest BCUT2D eigenvalue weighted by Gasteiger charge is -2.35. The monoisotopic (exact) mass is 441 g/mol. The van der Waals surface area contributed by atoms with Crippen LogP contribution in [0.1, 0.15) is 42.9 Å². The minimum atomic E-state index is -4.70. The van der Waals surface area contributed by atoms with E-state index in [4.69, 9.17) is 0 Å². The highest BCUT2D eigenvalue weighted by atomic mass is 19.4. The van der Waals surface area contributed by atoms with Crippen LogP contribution in [0.3, 0.4) is 0 Å². The molecule has 3 amide bonds. The van der Waals surface area contributed by atoms with Crippen LogP contribution in [0, 0.1) is 5.92 Å². The fourth-order valence-corrected chi connectivity index (χ4v) is 4.12. The molecule has 1 aromatic rings. The molecule has 0 aromatic heterocycles. The molecule has 170 valence electrons. The summed E-state index contributed by atoms with van der Waals surface area (Å²) in [5, 5.41) is 2.43. The first-order valence-corrected chi connectivity index (χ1v) is 10.3. The van der Waals surface area contributed by atoms with Gasteiger partial charge in [-0.2, -0.15) is 13.2 Å². The number of hydrogen-bond acceptors (Lipinski definition) is 4. The minimum absolute atomic E-state index is 0.123. The summed E-state index contributed by atoms with van der Waals surface area (Å²) < 4.78 is 45.0. The maximum Gasteiger partial charge on any atom is 0.416 e. The Balaban J connectivity index is 1.76. The Labute approximate surface area is 178 Å². The molecule has 7 nitrogen and oxygen atoms in total. The summed E-state index contributed by atoms with van der Waals surface area (Å²) in [4.78, 5) is 41.2. The van der Waals surface area contributed by atoms with Crippen molar-refractivity contribution in [2.75, 3.05) is 33.3 Å². The number of hydrogen-bond donors (Lipinski definition) is 1. The lowest BCUT2D eigenvalue weighted by Crippen LogP contribution is -2.50. The molecule has 2 aliphatic heterocycles. The molecule has 2 saturated heterocycles. The number of alkyl halides is 3. The van der Waals surface area contributed by atoms with Crippen LogP contribution in [-0.2, 0) is 20.5 Å². The molecular weight excluding hydrogens is 415 g/mol. The van der Waals surface area contributed by atoms with Crippen LogP contribution in [0.2, 0.25) is 0 Å². The number of carbonyl (C=O) groups is 3. The van der Waals surface area contributed by atoms with E-state index in [1.165, 1.54) is 12.1 Å². The number of ether oxygens (including phenoxy) is 1. The molecule has 0 unspecified atom stereocenters. The molecule has 31 heavy (non-hydrogen) atoms. The molecule has 2 aliphatic rings. The highest BCUT2D eigenvalue weighted by molar-refractivity contribution is 5.87. The van der Waals surface area contributed by atoms with Gasteiger partial charge < -0.3 is 19.9 Å². The van der Waals surface area contributed by atoms with Gasteiger partial charge in [0.15, 0.2) is 6.04 Å². The summed E-state index contributed by atoms with van der Waals surface area (Å²) in [5.74, 6) is -2.19. The van der Waals surface area contributed by atoms with Crippen LogP contribution >= 0.6 is 0 Å². The minimum Gasteiger partial charge on any atom is -0.467 e. The van der Waals surface area contributed by atoms with Crippen LogP contribution in [-0.4, -0.2) is 61.0 Å². The zero-order valence-corrected chi connectivity index (χ0v) is 17.3. The molecule has 0 aliphatic carbocycles. The normalized spacial score (nSPS) is 20.3. The van der Waals surface area contributed by atoms with Gasteiger partial charge in [0.1, 0.15) is 0 Å². The number of esters is 1. The van der Waals surface area contributed by atoms with E-state index in [1.54, 1.807) is 9.80 Å². The Morgan fingerprint density at radius 3 is 2.35 bits per heavy atom. The third kappa shape index (κ3) is 5.29. The predicted molar refractivity (Wildman–Crippen MR) is 105 cm³/mol. The average molecular weight is 441 g/mol. The molecule has 0 radical (unpaired) electrons. The number of nitrogens with one attached hydrogen (secondary N) is 1. The van der Waals surface area contributed by atoms with Gasteiger partial charge in [-0.1, -0.05) is 18.2 Å². The van der Waals surface area contributed by atoms with Gasteiger partial charge in [0, 0.05) is 26.2 Å². The van der Waals surface area contributed by atoms with Crippen LogP contribution in [0.4, 0.5) is 18.0 Å². The highest BCUT2D eigenvalue weighted by Crippen LogP contribution is 2.35. The number of methoxy groups -OCH3 is 1. The van der Waals surface area contributed by atoms with Crippen molar-refractivity contribution in [2.24, 2.45) is 5.92 Å². The highest BCUT2D eigenvalue weighted by Gasteiger charge is 2.39. The Morgan fingerprint density at radius 2 is 1.71 bits per heavy atom. The average Bonchev–Trinajstić information content (AvgIpc) is 3.30. The third-order valence-corrected chi connectivity index (χ3v) is 5.74. The van der Waals surface area contributed by atoms with Crippen molar-refractivity contribution in [2.45, 2.75) is 37.9 Å². The summed E-state index contributed by atoms with van der Waals surface area (Å²) in [6, 6.07) is 2.86. The van der Waals surface area contributed by atoms with Crippen LogP contribution in [0.25, 0.3) is 0 Å². The first kappa shape index (κ1) is 22.9. The fraction of sp³-hybridized carbons (Fsp3) is 0.571. The Morgan fingerprint density at radius 1 is 1.06 bits per heavy atom. The number of piperidine rings is 1. The van der Waals surface area contributed by atoms with Gasteiger partial charge in [-0.15, -0.1) is 0 Å². The third-order valence-electron chi connectivity index (χ3n) is 5.74. The quantitative estimate of drug-likeness (QED) is 0.729. The predicted octanol–water partition coefficient (Wildman–Crippen LogP) is 2.96. The molecule has 0 saturated carbocycles. The first-order chi connectivity index (χ1) is 14.7. The second kappa shape index (κ2) is 9.57. The van der Waals surface area contributed by atoms with Crippen molar-refractivity contribution in [1.82, 2.24) is 15.1 Å². The van der Waals surface area contributed by atoms with Gasteiger partial charge in [-0.05, 0) is 37.3 Å². The maximum absolute atomic E-state index is 13.4. The van der Waals surface area contributed by atoms with Crippen LogP contribution in [0.5, 0.6) is 0 Å². The molecule has 2 heterocycles. The van der Waals surface area contributed by atoms with Crippen molar-refractivity contribution < 1.29 is 32.3 Å². The Kier molecular flexibility index (Phi) is 7.07. The number of benzene rings is 1. The molecule has 0 spiro atoms. The van der Waals surface area contributed by atoms with Gasteiger partial charge in [0.2, 0.25) is 5.91 Å². The van der Waals surface area contributed by atoms with E-state index >= 15 is 0 Å².